The molecule has 226 valence electrons. The van der Waals surface area contributed by atoms with Crippen molar-refractivity contribution in [2.45, 2.75) is 88.6 Å². The van der Waals surface area contributed by atoms with Gasteiger partial charge in [0.25, 0.3) is 0 Å². The number of fused-ring (bicyclic) bond motifs is 3. The van der Waals surface area contributed by atoms with E-state index in [0.717, 1.165) is 50.0 Å². The third kappa shape index (κ3) is 8.76. The minimum atomic E-state index is -0.742. The van der Waals surface area contributed by atoms with Crippen LogP contribution in [0.3, 0.4) is 0 Å². The number of anilines is 1. The zero-order chi connectivity index (χ0) is 29.1. The molecule has 0 spiro atoms. The summed E-state index contributed by atoms with van der Waals surface area (Å²) in [6.07, 6.45) is 8.56. The van der Waals surface area contributed by atoms with E-state index >= 15 is 0 Å². The highest BCUT2D eigenvalue weighted by molar-refractivity contribution is 7.97. The summed E-state index contributed by atoms with van der Waals surface area (Å²) in [6.45, 7) is 4.10. The third-order valence-electron chi connectivity index (χ3n) is 8.79. The van der Waals surface area contributed by atoms with Gasteiger partial charge in [-0.3, -0.25) is 9.18 Å². The average molecular weight is 588 g/mol. The SMILES string of the molecule is CCc1cccc(NC(=O)CC(CCCF)(COC)c2ccc(F)cc2)c1CCC1CCNC2CCCSN1CC2. The van der Waals surface area contributed by atoms with Gasteiger partial charge in [-0.25, -0.2) is 8.70 Å². The van der Waals surface area contributed by atoms with E-state index in [2.05, 4.69) is 27.9 Å². The normalized spacial score (nSPS) is 22.7. The number of carbonyl (C=O) groups is 1. The molecule has 2 heterocycles. The Bertz CT molecular complexity index is 1100. The third-order valence-corrected chi connectivity index (χ3v) is 10.1. The molecule has 2 aliphatic rings. The van der Waals surface area contributed by atoms with Gasteiger partial charge in [-0.2, -0.15) is 0 Å². The number of methoxy groups -OCH3 is 1. The first-order chi connectivity index (χ1) is 20.0. The molecule has 2 saturated heterocycles. The van der Waals surface area contributed by atoms with Gasteiger partial charge in [0.2, 0.25) is 5.91 Å². The fourth-order valence-corrected chi connectivity index (χ4v) is 7.79. The lowest BCUT2D eigenvalue weighted by Crippen LogP contribution is -2.44. The number of amides is 1. The molecule has 2 aromatic carbocycles. The highest BCUT2D eigenvalue weighted by Gasteiger charge is 2.35. The Morgan fingerprint density at radius 3 is 2.78 bits per heavy atom. The van der Waals surface area contributed by atoms with Crippen LogP contribution in [-0.2, 0) is 27.8 Å². The van der Waals surface area contributed by atoms with Gasteiger partial charge in [0.15, 0.2) is 0 Å². The maximum absolute atomic E-state index is 13.7. The number of halogens is 2. The molecule has 2 aromatic rings. The van der Waals surface area contributed by atoms with E-state index in [0.29, 0.717) is 24.9 Å². The Balaban J connectivity index is 1.52. The lowest BCUT2D eigenvalue weighted by molar-refractivity contribution is -0.118. The van der Waals surface area contributed by atoms with Crippen molar-refractivity contribution in [2.75, 3.05) is 44.6 Å². The average Bonchev–Trinajstić information content (AvgIpc) is 2.95. The molecule has 0 radical (unpaired) electrons. The monoisotopic (exact) mass is 587 g/mol. The number of carbonyl (C=O) groups excluding carboxylic acids is 1. The Morgan fingerprint density at radius 1 is 1.20 bits per heavy atom. The Labute approximate surface area is 249 Å². The van der Waals surface area contributed by atoms with Gasteiger partial charge in [0, 0.05) is 49.0 Å². The van der Waals surface area contributed by atoms with Gasteiger partial charge < -0.3 is 15.4 Å². The van der Waals surface area contributed by atoms with Crippen LogP contribution in [0, 0.1) is 5.82 Å². The van der Waals surface area contributed by atoms with Gasteiger partial charge in [0.1, 0.15) is 5.82 Å². The molecule has 2 aliphatic heterocycles. The molecular formula is C33H47F2N3O2S. The summed E-state index contributed by atoms with van der Waals surface area (Å²) in [5, 5.41) is 7.01. The van der Waals surface area contributed by atoms with Crippen LogP contribution in [0.4, 0.5) is 14.5 Å². The lowest BCUT2D eigenvalue weighted by Gasteiger charge is -2.37. The highest BCUT2D eigenvalue weighted by atomic mass is 32.2. The predicted molar refractivity (Wildman–Crippen MR) is 166 cm³/mol. The van der Waals surface area contributed by atoms with Crippen molar-refractivity contribution in [3.05, 3.63) is 65.0 Å². The van der Waals surface area contributed by atoms with Gasteiger partial charge >= 0.3 is 0 Å². The molecule has 2 fully saturated rings. The summed E-state index contributed by atoms with van der Waals surface area (Å²) < 4.78 is 35.3. The van der Waals surface area contributed by atoms with Crippen molar-refractivity contribution < 1.29 is 18.3 Å². The Hall–Kier alpha value is -2.00. The lowest BCUT2D eigenvalue weighted by atomic mass is 9.74. The van der Waals surface area contributed by atoms with Gasteiger partial charge in [-0.15, -0.1) is 0 Å². The van der Waals surface area contributed by atoms with Gasteiger partial charge in [-0.1, -0.05) is 43.1 Å². The standard InChI is InChI=1S/C33H47F2N3O2S/c1-3-25-7-4-9-31(30(25)15-14-29-16-20-36-28-8-5-22-41-38(29)21-17-28)37-32(39)23-33(24-40-2,18-6-19-34)26-10-12-27(35)13-11-26/h4,7,9-13,28-29,36H,3,5-6,8,14-24H2,1-2H3,(H,37,39). The number of nitrogens with one attached hydrogen (secondary N) is 2. The van der Waals surface area contributed by atoms with Crippen molar-refractivity contribution in [1.29, 1.82) is 0 Å². The van der Waals surface area contributed by atoms with Crippen LogP contribution in [0.25, 0.3) is 0 Å². The molecule has 2 N–H and O–H groups in total. The van der Waals surface area contributed by atoms with Gasteiger partial charge in [-0.05, 0) is 99.2 Å². The molecule has 8 heteroatoms. The Morgan fingerprint density at radius 2 is 2.02 bits per heavy atom. The minimum Gasteiger partial charge on any atom is -0.384 e. The van der Waals surface area contributed by atoms with Crippen molar-refractivity contribution in [1.82, 2.24) is 9.62 Å². The van der Waals surface area contributed by atoms with Crippen molar-refractivity contribution in [2.24, 2.45) is 0 Å². The summed E-state index contributed by atoms with van der Waals surface area (Å²) in [5.74, 6) is 0.701. The van der Waals surface area contributed by atoms with Crippen LogP contribution < -0.4 is 10.6 Å². The van der Waals surface area contributed by atoms with Crippen LogP contribution in [0.5, 0.6) is 0 Å². The summed E-state index contributed by atoms with van der Waals surface area (Å²) in [7, 11) is 1.59. The molecule has 0 aliphatic carbocycles. The molecule has 5 nitrogen and oxygen atoms in total. The number of ether oxygens (including phenoxy) is 1. The number of aryl methyl sites for hydroxylation is 1. The van der Waals surface area contributed by atoms with E-state index in [4.69, 9.17) is 4.74 Å². The topological polar surface area (TPSA) is 53.6 Å². The molecular weight excluding hydrogens is 540 g/mol. The largest absolute Gasteiger partial charge is 0.384 e. The fourth-order valence-electron chi connectivity index (χ4n) is 6.60. The van der Waals surface area contributed by atoms with Crippen LogP contribution >= 0.6 is 11.9 Å². The maximum atomic E-state index is 13.7. The number of nitrogens with zero attached hydrogens (tertiary/aromatic N) is 1. The molecule has 0 aromatic heterocycles. The zero-order valence-corrected chi connectivity index (χ0v) is 25.5. The first kappa shape index (κ1) is 31.9. The van der Waals surface area contributed by atoms with E-state index in [1.807, 2.05) is 24.1 Å². The second kappa shape index (κ2) is 16.0. The number of rotatable bonds is 13. The smallest absolute Gasteiger partial charge is 0.225 e. The number of benzene rings is 2. The molecule has 2 bridgehead atoms. The van der Waals surface area contributed by atoms with E-state index in [1.165, 1.54) is 48.3 Å². The van der Waals surface area contributed by atoms with E-state index in [1.54, 1.807) is 19.2 Å². The maximum Gasteiger partial charge on any atom is 0.225 e. The van der Waals surface area contributed by atoms with E-state index < -0.39 is 12.1 Å². The number of alkyl halides is 1. The van der Waals surface area contributed by atoms with Crippen molar-refractivity contribution in [3.8, 4) is 0 Å². The summed E-state index contributed by atoms with van der Waals surface area (Å²) in [6, 6.07) is 13.5. The first-order valence-corrected chi connectivity index (χ1v) is 16.3. The van der Waals surface area contributed by atoms with Crippen LogP contribution in [0.2, 0.25) is 0 Å². The van der Waals surface area contributed by atoms with Crippen LogP contribution in [0.1, 0.15) is 75.0 Å². The second-order valence-electron chi connectivity index (χ2n) is 11.6. The number of hydrogen-bond acceptors (Lipinski definition) is 5. The molecule has 4 rings (SSSR count). The molecule has 4 atom stereocenters. The quantitative estimate of drug-likeness (QED) is 0.251. The minimum absolute atomic E-state index is 0.127. The van der Waals surface area contributed by atoms with Crippen LogP contribution in [-0.4, -0.2) is 61.5 Å². The second-order valence-corrected chi connectivity index (χ2v) is 12.7. The van der Waals surface area contributed by atoms with Crippen LogP contribution in [0.15, 0.2) is 42.5 Å². The van der Waals surface area contributed by atoms with Gasteiger partial charge in [0.05, 0.1) is 13.3 Å². The van der Waals surface area contributed by atoms with Crippen molar-refractivity contribution in [3.63, 3.8) is 0 Å². The first-order valence-electron chi connectivity index (χ1n) is 15.3. The summed E-state index contributed by atoms with van der Waals surface area (Å²) in [4.78, 5) is 13.7. The number of hydrogen-bond donors (Lipinski definition) is 2. The molecule has 4 unspecified atom stereocenters. The highest BCUT2D eigenvalue weighted by Crippen LogP contribution is 2.35. The van der Waals surface area contributed by atoms with Crippen molar-refractivity contribution >= 4 is 23.5 Å². The Kier molecular flexibility index (Phi) is 12.5. The summed E-state index contributed by atoms with van der Waals surface area (Å²) in [5.41, 5.74) is 3.36. The molecule has 41 heavy (non-hydrogen) atoms. The van der Waals surface area contributed by atoms with E-state index in [9.17, 15) is 13.6 Å². The van der Waals surface area contributed by atoms with E-state index in [-0.39, 0.29) is 24.8 Å². The summed E-state index contributed by atoms with van der Waals surface area (Å²) >= 11 is 2.02. The fraction of sp³-hybridized carbons (Fsp3) is 0.606. The molecule has 0 saturated carbocycles. The zero-order valence-electron chi connectivity index (χ0n) is 24.7. The predicted octanol–water partition coefficient (Wildman–Crippen LogP) is 6.85. The molecule has 1 amide bonds.